The van der Waals surface area contributed by atoms with Crippen LogP contribution in [0.25, 0.3) is 0 Å². The fraction of sp³-hybridized carbons (Fsp3) is 0.364. The van der Waals surface area contributed by atoms with Gasteiger partial charge in [0.1, 0.15) is 16.9 Å². The monoisotopic (exact) mass is 301 g/mol. The summed E-state index contributed by atoms with van der Waals surface area (Å²) in [4.78, 5) is 40.4. The minimum atomic E-state index is -1.24. The van der Waals surface area contributed by atoms with Crippen LogP contribution in [0.15, 0.2) is 12.4 Å². The highest BCUT2D eigenvalue weighted by atomic mass is 35.5. The van der Waals surface area contributed by atoms with Gasteiger partial charge in [0.05, 0.1) is 12.4 Å². The van der Waals surface area contributed by atoms with Gasteiger partial charge in [0.25, 0.3) is 5.91 Å². The van der Waals surface area contributed by atoms with Gasteiger partial charge in [-0.2, -0.15) is 0 Å². The number of amides is 1. The second-order valence-electron chi connectivity index (χ2n) is 3.87. The Balaban J connectivity index is 2.60. The van der Waals surface area contributed by atoms with Crippen LogP contribution >= 0.6 is 11.6 Å². The molecule has 9 heteroatoms. The molecule has 0 aliphatic carbocycles. The summed E-state index contributed by atoms with van der Waals surface area (Å²) in [6.45, 7) is 0. The SMILES string of the molecule is O=C(O)CCC[C@@H](NC(=O)c1cnc(Cl)cn1)C(=O)O. The highest BCUT2D eigenvalue weighted by Gasteiger charge is 2.21. The lowest BCUT2D eigenvalue weighted by Crippen LogP contribution is -2.41. The van der Waals surface area contributed by atoms with Crippen molar-refractivity contribution in [2.45, 2.75) is 25.3 Å². The lowest BCUT2D eigenvalue weighted by molar-refractivity contribution is -0.140. The van der Waals surface area contributed by atoms with Gasteiger partial charge < -0.3 is 15.5 Å². The van der Waals surface area contributed by atoms with Crippen LogP contribution in [0.2, 0.25) is 5.15 Å². The summed E-state index contributed by atoms with van der Waals surface area (Å²) in [5, 5.41) is 19.8. The third-order valence-electron chi connectivity index (χ3n) is 2.34. The zero-order valence-corrected chi connectivity index (χ0v) is 11.0. The van der Waals surface area contributed by atoms with Crippen LogP contribution in [0.4, 0.5) is 0 Å². The molecule has 1 atom stereocenters. The predicted molar refractivity (Wildman–Crippen MR) is 67.4 cm³/mol. The summed E-state index contributed by atoms with van der Waals surface area (Å²) in [5.41, 5.74) is -0.0705. The minimum Gasteiger partial charge on any atom is -0.481 e. The molecule has 0 unspecified atom stereocenters. The molecule has 1 rings (SSSR count). The van der Waals surface area contributed by atoms with E-state index in [1.807, 2.05) is 0 Å². The zero-order valence-electron chi connectivity index (χ0n) is 10.2. The summed E-state index contributed by atoms with van der Waals surface area (Å²) < 4.78 is 0. The molecular weight excluding hydrogens is 290 g/mol. The average molecular weight is 302 g/mol. The third-order valence-corrected chi connectivity index (χ3v) is 2.54. The second-order valence-corrected chi connectivity index (χ2v) is 4.26. The Bertz CT molecular complexity index is 505. The van der Waals surface area contributed by atoms with Gasteiger partial charge in [-0.1, -0.05) is 11.6 Å². The maximum atomic E-state index is 11.7. The number of hydrogen-bond acceptors (Lipinski definition) is 5. The fourth-order valence-corrected chi connectivity index (χ4v) is 1.47. The Hall–Kier alpha value is -2.22. The molecule has 108 valence electrons. The zero-order chi connectivity index (χ0) is 15.1. The lowest BCUT2D eigenvalue weighted by Gasteiger charge is -2.13. The molecule has 0 radical (unpaired) electrons. The van der Waals surface area contributed by atoms with E-state index in [0.29, 0.717) is 0 Å². The number of carbonyl (C=O) groups excluding carboxylic acids is 1. The minimum absolute atomic E-state index is 0.00833. The summed E-state index contributed by atoms with van der Waals surface area (Å²) >= 11 is 5.52. The molecule has 1 heterocycles. The number of nitrogens with zero attached hydrogens (tertiary/aromatic N) is 2. The summed E-state index contributed by atoms with van der Waals surface area (Å²) in [5.74, 6) is -2.98. The van der Waals surface area contributed by atoms with Gasteiger partial charge in [-0.05, 0) is 12.8 Å². The number of aliphatic carboxylic acids is 2. The van der Waals surface area contributed by atoms with Crippen molar-refractivity contribution in [3.8, 4) is 0 Å². The Morgan fingerprint density at radius 3 is 2.45 bits per heavy atom. The van der Waals surface area contributed by atoms with E-state index in [-0.39, 0.29) is 30.1 Å². The van der Waals surface area contributed by atoms with Crippen molar-refractivity contribution < 1.29 is 24.6 Å². The highest BCUT2D eigenvalue weighted by molar-refractivity contribution is 6.29. The highest BCUT2D eigenvalue weighted by Crippen LogP contribution is 2.05. The van der Waals surface area contributed by atoms with E-state index in [9.17, 15) is 14.4 Å². The van der Waals surface area contributed by atoms with Crippen molar-refractivity contribution >= 4 is 29.4 Å². The predicted octanol–water partition coefficient (Wildman–Crippen LogP) is 0.568. The first-order valence-corrected chi connectivity index (χ1v) is 6.01. The maximum absolute atomic E-state index is 11.7. The molecule has 0 bridgehead atoms. The summed E-state index contributed by atoms with van der Waals surface area (Å²) in [6.07, 6.45) is 2.26. The van der Waals surface area contributed by atoms with Crippen LogP contribution in [-0.2, 0) is 9.59 Å². The van der Waals surface area contributed by atoms with Crippen LogP contribution in [0.1, 0.15) is 29.8 Å². The van der Waals surface area contributed by atoms with Crippen LogP contribution in [0.3, 0.4) is 0 Å². The smallest absolute Gasteiger partial charge is 0.326 e. The van der Waals surface area contributed by atoms with Crippen molar-refractivity contribution in [2.24, 2.45) is 0 Å². The molecule has 0 spiro atoms. The molecule has 3 N–H and O–H groups in total. The van der Waals surface area contributed by atoms with Gasteiger partial charge in [-0.15, -0.1) is 0 Å². The van der Waals surface area contributed by atoms with Gasteiger partial charge >= 0.3 is 11.9 Å². The number of nitrogens with one attached hydrogen (secondary N) is 1. The molecular formula is C11H12ClN3O5. The van der Waals surface area contributed by atoms with Gasteiger partial charge in [-0.25, -0.2) is 14.8 Å². The van der Waals surface area contributed by atoms with Crippen molar-refractivity contribution in [2.75, 3.05) is 0 Å². The van der Waals surface area contributed by atoms with E-state index in [1.165, 1.54) is 0 Å². The van der Waals surface area contributed by atoms with Gasteiger partial charge in [0.15, 0.2) is 0 Å². The molecule has 0 saturated heterocycles. The second kappa shape index (κ2) is 7.39. The van der Waals surface area contributed by atoms with Crippen molar-refractivity contribution in [3.05, 3.63) is 23.2 Å². The number of halogens is 1. The third kappa shape index (κ3) is 5.19. The Kier molecular flexibility index (Phi) is 5.85. The lowest BCUT2D eigenvalue weighted by atomic mass is 10.1. The van der Waals surface area contributed by atoms with E-state index in [4.69, 9.17) is 21.8 Å². The quantitative estimate of drug-likeness (QED) is 0.671. The Morgan fingerprint density at radius 1 is 1.25 bits per heavy atom. The first-order valence-electron chi connectivity index (χ1n) is 5.63. The largest absolute Gasteiger partial charge is 0.481 e. The van der Waals surface area contributed by atoms with E-state index in [0.717, 1.165) is 12.4 Å². The van der Waals surface area contributed by atoms with Crippen LogP contribution in [0, 0.1) is 0 Å². The van der Waals surface area contributed by atoms with E-state index >= 15 is 0 Å². The van der Waals surface area contributed by atoms with E-state index in [2.05, 4.69) is 15.3 Å². The number of rotatable bonds is 7. The van der Waals surface area contributed by atoms with Crippen molar-refractivity contribution in [1.82, 2.24) is 15.3 Å². The molecule has 0 fully saturated rings. The average Bonchev–Trinajstić information content (AvgIpc) is 2.37. The number of aromatic nitrogens is 2. The topological polar surface area (TPSA) is 129 Å². The Morgan fingerprint density at radius 2 is 1.95 bits per heavy atom. The number of hydrogen-bond donors (Lipinski definition) is 3. The molecule has 0 aliphatic heterocycles. The standard InChI is InChI=1S/C11H12ClN3O5/c12-8-5-13-7(4-14-8)10(18)15-6(11(19)20)2-1-3-9(16)17/h4-6H,1-3H2,(H,15,18)(H,16,17)(H,19,20)/t6-/m1/s1. The van der Waals surface area contributed by atoms with Crippen LogP contribution in [0.5, 0.6) is 0 Å². The van der Waals surface area contributed by atoms with Gasteiger partial charge in [-0.3, -0.25) is 9.59 Å². The normalized spacial score (nSPS) is 11.7. The molecule has 1 aromatic rings. The van der Waals surface area contributed by atoms with Crippen molar-refractivity contribution in [1.29, 1.82) is 0 Å². The first kappa shape index (κ1) is 15.8. The van der Waals surface area contributed by atoms with Gasteiger partial charge in [0.2, 0.25) is 0 Å². The van der Waals surface area contributed by atoms with Crippen LogP contribution in [-0.4, -0.2) is 44.1 Å². The fourth-order valence-electron chi connectivity index (χ4n) is 1.38. The first-order chi connectivity index (χ1) is 9.40. The molecule has 0 saturated carbocycles. The van der Waals surface area contributed by atoms with E-state index in [1.54, 1.807) is 0 Å². The molecule has 20 heavy (non-hydrogen) atoms. The number of carbonyl (C=O) groups is 3. The summed E-state index contributed by atoms with van der Waals surface area (Å²) in [7, 11) is 0. The van der Waals surface area contributed by atoms with Gasteiger partial charge in [0, 0.05) is 6.42 Å². The molecule has 1 amide bonds. The summed E-state index contributed by atoms with van der Waals surface area (Å²) in [6, 6.07) is -1.18. The number of carboxylic acids is 2. The van der Waals surface area contributed by atoms with E-state index < -0.39 is 23.9 Å². The molecule has 8 nitrogen and oxygen atoms in total. The Labute approximate surface area is 118 Å². The molecule has 0 aromatic carbocycles. The van der Waals surface area contributed by atoms with Crippen LogP contribution < -0.4 is 5.32 Å². The molecule has 0 aliphatic rings. The molecule has 1 aromatic heterocycles. The maximum Gasteiger partial charge on any atom is 0.326 e. The number of carboxylic acid groups (broad SMARTS) is 2. The van der Waals surface area contributed by atoms with Crippen molar-refractivity contribution in [3.63, 3.8) is 0 Å².